The molecule has 11 nitrogen and oxygen atoms in total. The van der Waals surface area contributed by atoms with E-state index in [-0.39, 0.29) is 42.0 Å². The fraction of sp³-hybridized carbons (Fsp3) is 0.0789. The third kappa shape index (κ3) is 7.31. The standard InChI is InChI=1S/C38H28N6O5S/c39-20-30-35(25-13-17-29(18-14-25)49-23-34(46)43-27-9-5-2-6-10-27)31(21-40)38-44(36(30)41)37(47)32(50-38)19-24-11-15-28(16-12-24)48-22-33(45)42-26-7-3-1-4-8-26/h1-19,35H,22-23,41H2,(H,42,45)(H,43,46)/b32-19+. The second kappa shape index (κ2) is 14.9. The average molecular weight is 681 g/mol. The number of anilines is 2. The Bertz CT molecular complexity index is 2350. The molecule has 12 heteroatoms. The predicted octanol–water partition coefficient (Wildman–Crippen LogP) is 3.90. The van der Waals surface area contributed by atoms with Crippen molar-refractivity contribution in [2.45, 2.75) is 5.92 Å². The number of aromatic nitrogens is 1. The maximum atomic E-state index is 13.6. The highest BCUT2D eigenvalue weighted by molar-refractivity contribution is 7.07. The van der Waals surface area contributed by atoms with Crippen LogP contribution in [0.25, 0.3) is 17.5 Å². The van der Waals surface area contributed by atoms with Crippen molar-refractivity contribution < 1.29 is 19.1 Å². The fourth-order valence-electron chi connectivity index (χ4n) is 5.29. The molecule has 5 aromatic rings. The highest BCUT2D eigenvalue weighted by Crippen LogP contribution is 2.36. The van der Waals surface area contributed by atoms with E-state index in [1.54, 1.807) is 78.9 Å². The van der Waals surface area contributed by atoms with Crippen LogP contribution in [0, 0.1) is 22.7 Å². The molecule has 1 aromatic heterocycles. The summed E-state index contributed by atoms with van der Waals surface area (Å²) in [6.07, 6.45) is 1.66. The second-order valence-electron chi connectivity index (χ2n) is 11.0. The molecule has 2 amide bonds. The van der Waals surface area contributed by atoms with E-state index < -0.39 is 11.5 Å². The highest BCUT2D eigenvalue weighted by atomic mass is 32.1. The van der Waals surface area contributed by atoms with Crippen LogP contribution in [0.1, 0.15) is 17.0 Å². The Hall–Kier alpha value is -6.89. The quantitative estimate of drug-likeness (QED) is 0.199. The van der Waals surface area contributed by atoms with Gasteiger partial charge in [0.2, 0.25) is 0 Å². The van der Waals surface area contributed by atoms with E-state index in [1.165, 1.54) is 4.57 Å². The van der Waals surface area contributed by atoms with Gasteiger partial charge in [-0.15, -0.1) is 11.3 Å². The number of hydrogen-bond donors (Lipinski definition) is 3. The number of allylic oxidation sites excluding steroid dienone is 1. The van der Waals surface area contributed by atoms with Crippen molar-refractivity contribution in [3.63, 3.8) is 0 Å². The third-order valence-electron chi connectivity index (χ3n) is 7.64. The molecular formula is C38H28N6O5S. The number of nitriles is 2. The average Bonchev–Trinajstić information content (AvgIpc) is 3.46. The molecule has 1 unspecified atom stereocenters. The molecule has 6 rings (SSSR count). The lowest BCUT2D eigenvalue weighted by atomic mass is 9.84. The lowest BCUT2D eigenvalue weighted by molar-refractivity contribution is -0.118. The van der Waals surface area contributed by atoms with Crippen molar-refractivity contribution in [3.05, 3.63) is 145 Å². The predicted molar refractivity (Wildman–Crippen MR) is 190 cm³/mol. The van der Waals surface area contributed by atoms with Gasteiger partial charge in [0.05, 0.1) is 33.7 Å². The Morgan fingerprint density at radius 1 is 0.760 bits per heavy atom. The van der Waals surface area contributed by atoms with Crippen molar-refractivity contribution in [1.82, 2.24) is 4.57 Å². The normalized spacial score (nSPS) is 13.8. The van der Waals surface area contributed by atoms with Gasteiger partial charge in [-0.2, -0.15) is 10.5 Å². The summed E-state index contributed by atoms with van der Waals surface area (Å²) in [5, 5.41) is 25.9. The monoisotopic (exact) mass is 680 g/mol. The van der Waals surface area contributed by atoms with E-state index in [4.69, 9.17) is 15.2 Å². The Kier molecular flexibility index (Phi) is 9.84. The number of rotatable bonds is 10. The topological polar surface area (TPSA) is 172 Å². The van der Waals surface area contributed by atoms with Gasteiger partial charge in [0.1, 0.15) is 22.0 Å². The minimum Gasteiger partial charge on any atom is -0.484 e. The Labute approximate surface area is 290 Å². The van der Waals surface area contributed by atoms with Crippen LogP contribution in [-0.4, -0.2) is 29.6 Å². The second-order valence-corrected chi connectivity index (χ2v) is 12.0. The summed E-state index contributed by atoms with van der Waals surface area (Å²) >= 11 is 1.10. The van der Waals surface area contributed by atoms with E-state index in [0.29, 0.717) is 43.2 Å². The van der Waals surface area contributed by atoms with Gasteiger partial charge in [0, 0.05) is 11.4 Å². The number of ether oxygens (including phenoxy) is 2. The van der Waals surface area contributed by atoms with Gasteiger partial charge in [-0.05, 0) is 65.7 Å². The summed E-state index contributed by atoms with van der Waals surface area (Å²) in [5.41, 5.74) is 8.81. The molecule has 0 saturated heterocycles. The molecule has 0 fully saturated rings. The summed E-state index contributed by atoms with van der Waals surface area (Å²) < 4.78 is 13.1. The van der Waals surface area contributed by atoms with Crippen molar-refractivity contribution in [1.29, 1.82) is 10.5 Å². The van der Waals surface area contributed by atoms with E-state index in [2.05, 4.69) is 22.8 Å². The fourth-order valence-corrected chi connectivity index (χ4v) is 6.42. The number of thiazole rings is 1. The first-order valence-corrected chi connectivity index (χ1v) is 16.1. The van der Waals surface area contributed by atoms with E-state index in [1.807, 2.05) is 36.4 Å². The van der Waals surface area contributed by atoms with Gasteiger partial charge in [0.25, 0.3) is 17.4 Å². The molecule has 2 heterocycles. The molecule has 0 aliphatic carbocycles. The SMILES string of the molecule is N#CC1=C(N)n2c(s/c(=C/c3ccc(OCC(=O)Nc4ccccc4)cc3)c2=O)=C(C#N)C1c1ccc(OCC(=O)Nc2ccccc2)cc1. The lowest BCUT2D eigenvalue weighted by Crippen LogP contribution is -2.38. The molecule has 1 aliphatic heterocycles. The number of para-hydroxylation sites is 2. The first-order valence-electron chi connectivity index (χ1n) is 15.3. The minimum atomic E-state index is -0.818. The first kappa shape index (κ1) is 33.0. The molecule has 0 bridgehead atoms. The van der Waals surface area contributed by atoms with Crippen molar-refractivity contribution >= 4 is 52.0 Å². The summed E-state index contributed by atoms with van der Waals surface area (Å²) in [4.78, 5) is 38.1. The molecule has 1 atom stereocenters. The highest BCUT2D eigenvalue weighted by Gasteiger charge is 2.32. The molecule has 1 aliphatic rings. The molecule has 4 N–H and O–H groups in total. The number of carbonyl (C=O) groups is 2. The third-order valence-corrected chi connectivity index (χ3v) is 8.74. The summed E-state index contributed by atoms with van der Waals surface area (Å²) in [7, 11) is 0. The molecule has 0 spiro atoms. The molecule has 0 radical (unpaired) electrons. The largest absolute Gasteiger partial charge is 0.484 e. The number of hydrogen-bond acceptors (Lipinski definition) is 9. The smallest absolute Gasteiger partial charge is 0.274 e. The van der Waals surface area contributed by atoms with Gasteiger partial charge in [0.15, 0.2) is 13.2 Å². The summed E-state index contributed by atoms with van der Waals surface area (Å²) in [5.74, 6) is -0.621. The number of amides is 2. The van der Waals surface area contributed by atoms with Crippen LogP contribution in [0.4, 0.5) is 11.4 Å². The van der Waals surface area contributed by atoms with Crippen molar-refractivity contribution in [2.75, 3.05) is 23.8 Å². The Morgan fingerprint density at radius 3 is 1.76 bits per heavy atom. The number of fused-ring (bicyclic) bond motifs is 1. The van der Waals surface area contributed by atoms with E-state index in [0.717, 1.165) is 11.3 Å². The van der Waals surface area contributed by atoms with Crippen LogP contribution < -0.4 is 40.6 Å². The molecule has 246 valence electrons. The minimum absolute atomic E-state index is 0.0529. The van der Waals surface area contributed by atoms with Gasteiger partial charge in [-0.25, -0.2) is 0 Å². The zero-order valence-corrected chi connectivity index (χ0v) is 27.1. The van der Waals surface area contributed by atoms with Gasteiger partial charge in [-0.1, -0.05) is 60.7 Å². The summed E-state index contributed by atoms with van der Waals surface area (Å²) in [6, 6.07) is 35.9. The van der Waals surface area contributed by atoms with Gasteiger partial charge >= 0.3 is 0 Å². The Morgan fingerprint density at radius 2 is 1.26 bits per heavy atom. The van der Waals surface area contributed by atoms with Crippen LogP contribution in [0.15, 0.2) is 120 Å². The number of benzene rings is 4. The summed E-state index contributed by atoms with van der Waals surface area (Å²) in [6.45, 7) is -0.397. The van der Waals surface area contributed by atoms with Gasteiger partial charge in [-0.3, -0.25) is 19.0 Å². The zero-order chi connectivity index (χ0) is 35.0. The lowest BCUT2D eigenvalue weighted by Gasteiger charge is -2.22. The van der Waals surface area contributed by atoms with Crippen LogP contribution in [0.3, 0.4) is 0 Å². The zero-order valence-electron chi connectivity index (χ0n) is 26.3. The maximum absolute atomic E-state index is 13.6. The first-order chi connectivity index (χ1) is 24.3. The van der Waals surface area contributed by atoms with E-state index >= 15 is 0 Å². The molecule has 4 aromatic carbocycles. The maximum Gasteiger partial charge on any atom is 0.274 e. The van der Waals surface area contributed by atoms with Crippen LogP contribution >= 0.6 is 11.3 Å². The Balaban J connectivity index is 1.20. The molecular weight excluding hydrogens is 653 g/mol. The van der Waals surface area contributed by atoms with Crippen molar-refractivity contribution in [3.8, 4) is 23.6 Å². The van der Waals surface area contributed by atoms with Gasteiger partial charge < -0.3 is 25.8 Å². The molecule has 0 saturated carbocycles. The number of nitrogens with one attached hydrogen (secondary N) is 2. The van der Waals surface area contributed by atoms with E-state index in [9.17, 15) is 24.9 Å². The number of carbonyl (C=O) groups excluding carboxylic acids is 2. The van der Waals surface area contributed by atoms with Crippen molar-refractivity contribution in [2.24, 2.45) is 5.73 Å². The van der Waals surface area contributed by atoms with Crippen LogP contribution in [0.5, 0.6) is 11.5 Å². The molecule has 50 heavy (non-hydrogen) atoms. The van der Waals surface area contributed by atoms with Crippen LogP contribution in [0.2, 0.25) is 0 Å². The number of nitrogens with zero attached hydrogens (tertiary/aromatic N) is 3. The van der Waals surface area contributed by atoms with Crippen LogP contribution in [-0.2, 0) is 9.59 Å². The number of nitrogens with two attached hydrogens (primary N) is 1.